The summed E-state index contributed by atoms with van der Waals surface area (Å²) in [6, 6.07) is 11.2. The zero-order valence-electron chi connectivity index (χ0n) is 44.0. The fraction of sp³-hybridized carbons (Fsp3) is 0.608. The second kappa shape index (κ2) is 33.2. The Hall–Kier alpha value is -6.00. The molecule has 7 atom stereocenters. The second-order valence-electron chi connectivity index (χ2n) is 17.0. The zero-order valence-corrected chi connectivity index (χ0v) is 44.0. The molecule has 25 heteroatoms. The maximum absolute atomic E-state index is 13.7. The van der Waals surface area contributed by atoms with Crippen LogP contribution in [0.1, 0.15) is 95.8 Å². The Morgan fingerprint density at radius 3 is 1.76 bits per heavy atom. The van der Waals surface area contributed by atoms with Crippen molar-refractivity contribution in [1.29, 1.82) is 0 Å². The van der Waals surface area contributed by atoms with E-state index in [9.17, 15) is 38.7 Å². The van der Waals surface area contributed by atoms with Crippen molar-refractivity contribution in [3.05, 3.63) is 63.4 Å². The van der Waals surface area contributed by atoms with Gasteiger partial charge in [0.05, 0.1) is 93.0 Å². The third kappa shape index (κ3) is 18.9. The molecule has 0 saturated heterocycles. The lowest BCUT2D eigenvalue weighted by atomic mass is 9.85. The third-order valence-electron chi connectivity index (χ3n) is 11.9. The number of esters is 4. The summed E-state index contributed by atoms with van der Waals surface area (Å²) in [5.74, 6) is -4.77. The van der Waals surface area contributed by atoms with Gasteiger partial charge in [-0.05, 0) is 43.9 Å². The molecule has 1 aromatic carbocycles. The summed E-state index contributed by atoms with van der Waals surface area (Å²) in [5, 5.41) is 47.2. The Morgan fingerprint density at radius 1 is 0.724 bits per heavy atom. The molecule has 3 aromatic rings. The summed E-state index contributed by atoms with van der Waals surface area (Å²) in [4.78, 5) is 90.6. The van der Waals surface area contributed by atoms with Crippen LogP contribution in [0.4, 0.5) is 0 Å². The molecule has 6 N–H and O–H groups in total. The Balaban J connectivity index is 0.000000430. The van der Waals surface area contributed by atoms with Crippen molar-refractivity contribution in [1.82, 2.24) is 14.9 Å². The molecule has 424 valence electrons. The van der Waals surface area contributed by atoms with E-state index in [-0.39, 0.29) is 107 Å². The molecule has 1 amide bonds. The van der Waals surface area contributed by atoms with E-state index in [0.717, 1.165) is 16.5 Å². The van der Waals surface area contributed by atoms with Gasteiger partial charge < -0.3 is 82.8 Å². The number of fused-ring (bicyclic) bond motifs is 5. The normalized spacial score (nSPS) is 16.5. The van der Waals surface area contributed by atoms with Crippen molar-refractivity contribution in [2.75, 3.05) is 67.5 Å². The van der Waals surface area contributed by atoms with E-state index in [2.05, 4.69) is 5.32 Å². The van der Waals surface area contributed by atoms with Crippen LogP contribution in [-0.4, -0.2) is 176 Å². The quantitative estimate of drug-likeness (QED) is 0.0246. The maximum atomic E-state index is 13.7. The number of hydrogen-bond donors (Lipinski definition) is 6. The van der Waals surface area contributed by atoms with Crippen molar-refractivity contribution in [3.63, 3.8) is 0 Å². The highest BCUT2D eigenvalue weighted by Gasteiger charge is 2.50. The van der Waals surface area contributed by atoms with Crippen LogP contribution in [0.15, 0.2) is 41.2 Å². The van der Waals surface area contributed by atoms with Crippen molar-refractivity contribution >= 4 is 46.7 Å². The van der Waals surface area contributed by atoms with Crippen LogP contribution in [-0.2, 0) is 94.9 Å². The number of rotatable bonds is 30. The van der Waals surface area contributed by atoms with Crippen LogP contribution in [0.3, 0.4) is 0 Å². The highest BCUT2D eigenvalue weighted by atomic mass is 16.7. The van der Waals surface area contributed by atoms with Gasteiger partial charge in [-0.1, -0.05) is 45.9 Å². The van der Waals surface area contributed by atoms with Gasteiger partial charge in [-0.25, -0.2) is 9.78 Å². The molecule has 2 aromatic heterocycles. The second-order valence-corrected chi connectivity index (χ2v) is 17.0. The fourth-order valence-corrected chi connectivity index (χ4v) is 7.41. The molecule has 6 unspecified atom stereocenters. The number of amides is 1. The average Bonchev–Trinajstić information content (AvgIpc) is 3.79. The molecule has 0 saturated carbocycles. The van der Waals surface area contributed by atoms with Crippen LogP contribution in [0.2, 0.25) is 0 Å². The van der Waals surface area contributed by atoms with Gasteiger partial charge in [0.2, 0.25) is 11.5 Å². The lowest BCUT2D eigenvalue weighted by molar-refractivity contribution is -0.195. The Labute approximate surface area is 439 Å². The molecule has 0 aliphatic carbocycles. The van der Waals surface area contributed by atoms with Gasteiger partial charge in [0, 0.05) is 44.3 Å². The van der Waals surface area contributed by atoms with Crippen molar-refractivity contribution < 1.29 is 102 Å². The first-order valence-electron chi connectivity index (χ1n) is 24.8. The Kier molecular flexibility index (Phi) is 28.1. The first-order valence-corrected chi connectivity index (χ1v) is 24.8. The minimum Gasteiger partial charge on any atom is -0.481 e. The number of aromatic nitrogens is 2. The summed E-state index contributed by atoms with van der Waals surface area (Å²) in [6.45, 7) is 5.64. The number of hydrogen-bond acceptors (Lipinski definition) is 22. The van der Waals surface area contributed by atoms with Gasteiger partial charge in [-0.3, -0.25) is 28.8 Å². The number of carbonyl (C=O) groups excluding carboxylic acids is 5. The molecule has 4 heterocycles. The Morgan fingerprint density at radius 2 is 1.26 bits per heavy atom. The van der Waals surface area contributed by atoms with E-state index < -0.39 is 72.9 Å². The summed E-state index contributed by atoms with van der Waals surface area (Å²) < 4.78 is 53.2. The number of carbonyl (C=O) groups is 6. The summed E-state index contributed by atoms with van der Waals surface area (Å²) in [6.07, 6.45) is -2.60. The summed E-state index contributed by atoms with van der Waals surface area (Å²) in [5.41, 5.74) is 0.831. The lowest BCUT2D eigenvalue weighted by Crippen LogP contribution is -2.48. The monoisotopic (exact) mass is 1080 g/mol. The van der Waals surface area contributed by atoms with Gasteiger partial charge in [-0.15, -0.1) is 0 Å². The number of carboxylic acids is 1. The number of nitrogens with one attached hydrogen (secondary N) is 1. The third-order valence-corrected chi connectivity index (χ3v) is 11.9. The van der Waals surface area contributed by atoms with Crippen LogP contribution in [0.5, 0.6) is 0 Å². The minimum absolute atomic E-state index is 0.0330. The number of methoxy groups -OCH3 is 3. The first-order chi connectivity index (χ1) is 36.4. The van der Waals surface area contributed by atoms with Crippen molar-refractivity contribution in [2.45, 2.75) is 135 Å². The Bertz CT molecular complexity index is 2390. The molecule has 0 fully saturated rings. The molecule has 0 radical (unpaired) electrons. The summed E-state index contributed by atoms with van der Waals surface area (Å²) >= 11 is 0. The molecule has 2 aliphatic heterocycles. The topological polar surface area (TPSA) is 343 Å². The largest absolute Gasteiger partial charge is 0.481 e. The van der Waals surface area contributed by atoms with E-state index in [0.29, 0.717) is 37.2 Å². The van der Waals surface area contributed by atoms with E-state index in [1.165, 1.54) is 21.3 Å². The van der Waals surface area contributed by atoms with Gasteiger partial charge in [0.15, 0.2) is 18.9 Å². The number of aliphatic carboxylic acids is 1. The standard InChI is InChI=1S/C33H37N3O11.C11H20O7.C7H16O4/c1-4-21(16-37)46-29(43-3)18-44-27(39)11-10-26(38)34-14-28(40)47-33(5-2)23-13-25-30-20(12-19-8-6-7-9-24(19)35-30)15-36(25)31(41)22(23)17-45-32(33)42;1-3-8(6-12)18-11(16-2)7-17-10(15)5-4-9(13)14;1-3-6(4-8)11-7(5-9)10-2/h6-9,12-13,21,29,37H,4-5,10-11,14-18H2,1-3H3,(H,34,38);8,11-12H,3-7H2,1-2H3,(H,13,14);6-9H,3-5H2,1-2H3/t21?,29?,33-;;/m0../s1. The van der Waals surface area contributed by atoms with E-state index in [1.807, 2.05) is 51.1 Å². The van der Waals surface area contributed by atoms with Crippen LogP contribution in [0, 0.1) is 0 Å². The van der Waals surface area contributed by atoms with Crippen LogP contribution < -0.4 is 10.9 Å². The SMILES string of the molecule is CCC(CO)OC(CO)OC.CCC(CO)OC(COC(=O)CCC(=O)NCC(=O)O[C@]1(CC)C(=O)OCc2c1cc1n(c2=O)Cc2cc3ccccc3nc2-1)OC.CCC(CO)OC(COC(=O)CCC(=O)O)OC. The highest BCUT2D eigenvalue weighted by Crippen LogP contribution is 2.41. The summed E-state index contributed by atoms with van der Waals surface area (Å²) in [7, 11) is 4.21. The van der Waals surface area contributed by atoms with Crippen molar-refractivity contribution in [2.24, 2.45) is 0 Å². The fourth-order valence-electron chi connectivity index (χ4n) is 7.41. The predicted octanol–water partition coefficient (Wildman–Crippen LogP) is 1.72. The van der Waals surface area contributed by atoms with Gasteiger partial charge in [0.1, 0.15) is 26.4 Å². The van der Waals surface area contributed by atoms with Gasteiger partial charge in [0.25, 0.3) is 5.56 Å². The molecule has 5 rings (SSSR count). The molecule has 25 nitrogen and oxygen atoms in total. The number of ether oxygens (including phenoxy) is 10. The maximum Gasteiger partial charge on any atom is 0.355 e. The van der Waals surface area contributed by atoms with Crippen molar-refractivity contribution in [3.8, 4) is 11.4 Å². The molecule has 2 aliphatic rings. The predicted molar refractivity (Wildman–Crippen MR) is 266 cm³/mol. The smallest absolute Gasteiger partial charge is 0.355 e. The molecular formula is C51H73N3O22. The minimum atomic E-state index is -1.92. The number of benzene rings is 1. The molecule has 0 bridgehead atoms. The zero-order chi connectivity index (χ0) is 56.4. The molecule has 76 heavy (non-hydrogen) atoms. The van der Waals surface area contributed by atoms with Crippen LogP contribution >= 0.6 is 0 Å². The van der Waals surface area contributed by atoms with E-state index >= 15 is 0 Å². The lowest BCUT2D eigenvalue weighted by Gasteiger charge is -2.35. The van der Waals surface area contributed by atoms with E-state index in [1.54, 1.807) is 17.6 Å². The van der Waals surface area contributed by atoms with Gasteiger partial charge >= 0.3 is 29.8 Å². The number of para-hydroxylation sites is 1. The number of aliphatic hydroxyl groups is 4. The van der Waals surface area contributed by atoms with E-state index in [4.69, 9.17) is 72.8 Å². The van der Waals surface area contributed by atoms with Gasteiger partial charge in [-0.2, -0.15) is 0 Å². The number of cyclic esters (lactones) is 1. The average molecular weight is 1080 g/mol. The number of pyridine rings is 2. The molecular weight excluding hydrogens is 1010 g/mol. The molecule has 0 spiro atoms. The first kappa shape index (κ1) is 64.3. The number of aliphatic hydroxyl groups excluding tert-OH is 4. The van der Waals surface area contributed by atoms with Crippen LogP contribution in [0.25, 0.3) is 22.3 Å². The highest BCUT2D eigenvalue weighted by molar-refractivity contribution is 5.90. The number of carboxylic acid groups (broad SMARTS) is 1. The number of nitrogens with zero attached hydrogens (tertiary/aromatic N) is 2.